The molecule has 0 amide bonds. The first kappa shape index (κ1) is 12.8. The van der Waals surface area contributed by atoms with Crippen LogP contribution < -0.4 is 4.74 Å². The number of nitrogens with zero attached hydrogens (tertiary/aromatic N) is 2. The summed E-state index contributed by atoms with van der Waals surface area (Å²) in [6, 6.07) is 3.34. The van der Waals surface area contributed by atoms with Crippen molar-refractivity contribution in [3.63, 3.8) is 0 Å². The van der Waals surface area contributed by atoms with E-state index in [1.807, 2.05) is 19.9 Å². The van der Waals surface area contributed by atoms with Crippen LogP contribution in [0, 0.1) is 19.7 Å². The van der Waals surface area contributed by atoms with Crippen molar-refractivity contribution in [2.45, 2.75) is 13.8 Å². The van der Waals surface area contributed by atoms with E-state index >= 15 is 0 Å². The van der Waals surface area contributed by atoms with Gasteiger partial charge in [0.25, 0.3) is 0 Å². The molecule has 0 aliphatic heterocycles. The summed E-state index contributed by atoms with van der Waals surface area (Å²) < 4.78 is 19.2. The number of hydrogen-bond acceptors (Lipinski definition) is 3. The van der Waals surface area contributed by atoms with Crippen LogP contribution in [0.3, 0.4) is 0 Å². The number of ether oxygens (including phenoxy) is 1. The van der Waals surface area contributed by atoms with Crippen LogP contribution in [0.25, 0.3) is 11.3 Å². The fourth-order valence-corrected chi connectivity index (χ4v) is 2.14. The quantitative estimate of drug-likeness (QED) is 0.780. The van der Waals surface area contributed by atoms with Crippen molar-refractivity contribution in [3.8, 4) is 17.0 Å². The highest BCUT2D eigenvalue weighted by atomic mass is 35.5. The molecule has 5 heteroatoms. The van der Waals surface area contributed by atoms with Crippen LogP contribution in [-0.4, -0.2) is 17.1 Å². The van der Waals surface area contributed by atoms with E-state index in [0.717, 1.165) is 11.1 Å². The molecule has 0 N–H and O–H groups in total. The van der Waals surface area contributed by atoms with Crippen molar-refractivity contribution in [2.75, 3.05) is 7.11 Å². The van der Waals surface area contributed by atoms with E-state index in [1.54, 1.807) is 0 Å². The Morgan fingerprint density at radius 3 is 2.56 bits per heavy atom. The third-order valence-electron chi connectivity index (χ3n) is 2.63. The molecule has 1 aromatic carbocycles. The summed E-state index contributed by atoms with van der Waals surface area (Å²) in [6.07, 6.45) is 1.29. The lowest BCUT2D eigenvalue weighted by molar-refractivity contribution is 0.412. The molecule has 0 saturated carbocycles. The summed E-state index contributed by atoms with van der Waals surface area (Å²) in [5.41, 5.74) is 2.39. The number of aryl methyl sites for hydroxylation is 2. The van der Waals surface area contributed by atoms with Gasteiger partial charge < -0.3 is 4.74 Å². The van der Waals surface area contributed by atoms with Gasteiger partial charge in [-0.1, -0.05) is 17.7 Å². The molecular formula is C13H12ClFN2O. The van der Waals surface area contributed by atoms with Gasteiger partial charge in [0, 0.05) is 5.56 Å². The number of aromatic nitrogens is 2. The van der Waals surface area contributed by atoms with Crippen molar-refractivity contribution in [2.24, 2.45) is 0 Å². The largest absolute Gasteiger partial charge is 0.491 e. The van der Waals surface area contributed by atoms with E-state index in [9.17, 15) is 4.39 Å². The Balaban J connectivity index is 2.73. The topological polar surface area (TPSA) is 35.0 Å². The standard InChI is InChI=1S/C13H12ClFN2O/c1-7-4-8(2)10(9(15)5-7)11-12(18-3)13(14)17-6-16-11/h4-6H,1-3H3. The zero-order valence-electron chi connectivity index (χ0n) is 10.3. The van der Waals surface area contributed by atoms with E-state index in [4.69, 9.17) is 16.3 Å². The lowest BCUT2D eigenvalue weighted by Crippen LogP contribution is -1.98. The summed E-state index contributed by atoms with van der Waals surface area (Å²) in [5.74, 6) is -0.0643. The van der Waals surface area contributed by atoms with Gasteiger partial charge in [0.2, 0.25) is 0 Å². The van der Waals surface area contributed by atoms with Gasteiger partial charge in [-0.2, -0.15) is 0 Å². The fourth-order valence-electron chi connectivity index (χ4n) is 1.93. The Kier molecular flexibility index (Phi) is 3.48. The second-order valence-corrected chi connectivity index (χ2v) is 4.34. The Bertz CT molecular complexity index is 579. The maximum atomic E-state index is 14.1. The first-order valence-electron chi connectivity index (χ1n) is 5.36. The maximum Gasteiger partial charge on any atom is 0.182 e. The normalized spacial score (nSPS) is 10.5. The molecule has 0 aliphatic rings. The van der Waals surface area contributed by atoms with Crippen LogP contribution in [-0.2, 0) is 0 Å². The summed E-state index contributed by atoms with van der Waals surface area (Å²) >= 11 is 5.92. The van der Waals surface area contributed by atoms with Gasteiger partial charge in [-0.15, -0.1) is 0 Å². The molecule has 0 aliphatic carbocycles. The lowest BCUT2D eigenvalue weighted by atomic mass is 10.0. The summed E-state index contributed by atoms with van der Waals surface area (Å²) in [4.78, 5) is 7.89. The number of halogens is 2. The molecule has 2 rings (SSSR count). The molecule has 2 aromatic rings. The molecule has 0 fully saturated rings. The van der Waals surface area contributed by atoms with Crippen molar-refractivity contribution < 1.29 is 9.13 Å². The zero-order valence-corrected chi connectivity index (χ0v) is 11.0. The van der Waals surface area contributed by atoms with E-state index in [1.165, 1.54) is 19.5 Å². The van der Waals surface area contributed by atoms with Crippen LogP contribution in [0.2, 0.25) is 5.15 Å². The minimum Gasteiger partial charge on any atom is -0.491 e. The molecule has 0 radical (unpaired) electrons. The first-order valence-corrected chi connectivity index (χ1v) is 5.74. The Hall–Kier alpha value is -1.68. The third-order valence-corrected chi connectivity index (χ3v) is 2.90. The summed E-state index contributed by atoms with van der Waals surface area (Å²) in [6.45, 7) is 3.66. The second kappa shape index (κ2) is 4.90. The number of benzene rings is 1. The van der Waals surface area contributed by atoms with E-state index in [0.29, 0.717) is 11.3 Å². The first-order chi connectivity index (χ1) is 8.54. The van der Waals surface area contributed by atoms with Crippen molar-refractivity contribution >= 4 is 11.6 Å². The summed E-state index contributed by atoms with van der Waals surface area (Å²) in [7, 11) is 1.45. The molecule has 1 heterocycles. The predicted octanol–water partition coefficient (Wildman–Crippen LogP) is 3.56. The predicted molar refractivity (Wildman–Crippen MR) is 68.5 cm³/mol. The molecule has 0 saturated heterocycles. The molecule has 0 atom stereocenters. The summed E-state index contributed by atoms with van der Waals surface area (Å²) in [5, 5.41) is 0.168. The van der Waals surface area contributed by atoms with Crippen LogP contribution in [0.5, 0.6) is 5.75 Å². The van der Waals surface area contributed by atoms with Gasteiger partial charge in [-0.3, -0.25) is 0 Å². The Morgan fingerprint density at radius 2 is 1.94 bits per heavy atom. The van der Waals surface area contributed by atoms with Crippen LogP contribution >= 0.6 is 11.6 Å². The van der Waals surface area contributed by atoms with E-state index in [-0.39, 0.29) is 16.7 Å². The van der Waals surface area contributed by atoms with Gasteiger partial charge in [-0.25, -0.2) is 14.4 Å². The smallest absolute Gasteiger partial charge is 0.182 e. The molecule has 0 spiro atoms. The minimum atomic E-state index is -0.347. The van der Waals surface area contributed by atoms with Gasteiger partial charge in [0.1, 0.15) is 17.8 Å². The Morgan fingerprint density at radius 1 is 1.22 bits per heavy atom. The maximum absolute atomic E-state index is 14.1. The number of methoxy groups -OCH3 is 1. The highest BCUT2D eigenvalue weighted by Gasteiger charge is 2.18. The highest BCUT2D eigenvalue weighted by Crippen LogP contribution is 2.36. The zero-order chi connectivity index (χ0) is 13.3. The molecule has 94 valence electrons. The number of rotatable bonds is 2. The van der Waals surface area contributed by atoms with Crippen molar-refractivity contribution in [1.82, 2.24) is 9.97 Å². The second-order valence-electron chi connectivity index (χ2n) is 3.98. The minimum absolute atomic E-state index is 0.168. The molecule has 18 heavy (non-hydrogen) atoms. The average molecular weight is 267 g/mol. The fraction of sp³-hybridized carbons (Fsp3) is 0.231. The van der Waals surface area contributed by atoms with Gasteiger partial charge in [-0.05, 0) is 31.0 Å². The lowest BCUT2D eigenvalue weighted by Gasteiger charge is -2.12. The molecule has 3 nitrogen and oxygen atoms in total. The molecule has 1 aromatic heterocycles. The Labute approximate surface area is 110 Å². The molecular weight excluding hydrogens is 255 g/mol. The monoisotopic (exact) mass is 266 g/mol. The van der Waals surface area contributed by atoms with Crippen molar-refractivity contribution in [1.29, 1.82) is 0 Å². The van der Waals surface area contributed by atoms with E-state index in [2.05, 4.69) is 9.97 Å². The van der Waals surface area contributed by atoms with Gasteiger partial charge in [0.15, 0.2) is 10.9 Å². The third kappa shape index (κ3) is 2.16. The van der Waals surface area contributed by atoms with Gasteiger partial charge in [0.05, 0.1) is 7.11 Å². The number of hydrogen-bond donors (Lipinski definition) is 0. The highest BCUT2D eigenvalue weighted by molar-refractivity contribution is 6.31. The van der Waals surface area contributed by atoms with Crippen LogP contribution in [0.4, 0.5) is 4.39 Å². The van der Waals surface area contributed by atoms with Gasteiger partial charge >= 0.3 is 0 Å². The van der Waals surface area contributed by atoms with Crippen molar-refractivity contribution in [3.05, 3.63) is 40.6 Å². The van der Waals surface area contributed by atoms with Crippen LogP contribution in [0.1, 0.15) is 11.1 Å². The van der Waals surface area contributed by atoms with E-state index < -0.39 is 0 Å². The SMILES string of the molecule is COc1c(Cl)ncnc1-c1c(C)cc(C)cc1F. The van der Waals surface area contributed by atoms with Crippen LogP contribution in [0.15, 0.2) is 18.5 Å². The average Bonchev–Trinajstić information content (AvgIpc) is 2.27. The molecule has 0 bridgehead atoms. The molecule has 0 unspecified atom stereocenters.